The molecule has 774 valence electrons. The summed E-state index contributed by atoms with van der Waals surface area (Å²) in [6.45, 7) is 51.5. The van der Waals surface area contributed by atoms with Crippen molar-refractivity contribution < 1.29 is 63.4 Å². The van der Waals surface area contributed by atoms with E-state index in [0.29, 0.717) is 67.2 Å². The van der Waals surface area contributed by atoms with Gasteiger partial charge in [-0.05, 0) is 288 Å². The average molecular weight is 2170 g/mol. The van der Waals surface area contributed by atoms with Crippen LogP contribution in [0.15, 0.2) is 87.8 Å². The van der Waals surface area contributed by atoms with Crippen molar-refractivity contribution in [1.82, 2.24) is 94.9 Å². The maximum absolute atomic E-state index is 12.0. The zero-order chi connectivity index (χ0) is 110. The maximum atomic E-state index is 12.0. The number of amides is 1. The number of piperazine rings is 1. The zero-order valence-electron chi connectivity index (χ0n) is 89.3. The van der Waals surface area contributed by atoms with Crippen LogP contribution in [-0.4, -0.2) is 217 Å². The van der Waals surface area contributed by atoms with Gasteiger partial charge in [0.25, 0.3) is 11.4 Å². The molecule has 148 heavy (non-hydrogen) atoms. The predicted molar refractivity (Wildman–Crippen MR) is 578 cm³/mol. The number of aromatic amines is 1. The molecule has 0 spiro atoms. The third-order valence-electron chi connectivity index (χ3n) is 26.5. The molecule has 14 heterocycles. The molecule has 0 saturated carbocycles. The fourth-order valence-corrected chi connectivity index (χ4v) is 18.8. The number of anilines is 5. The fraction of sp³-hybridized carbons (Fsp3) is 0.374. The molecule has 5 aromatic carbocycles. The summed E-state index contributed by atoms with van der Waals surface area (Å²) < 4.78 is 84.4. The third-order valence-corrected chi connectivity index (χ3v) is 28.2. The number of hydrogen-bond acceptors (Lipinski definition) is 33. The number of nitro benzene ring substituents is 2. The Kier molecular flexibility index (Phi) is 37.2. The van der Waals surface area contributed by atoms with Gasteiger partial charge in [0.15, 0.2) is 0 Å². The first kappa shape index (κ1) is 116. The Balaban J connectivity index is 0.000000165. The average Bonchev–Trinajstić information content (AvgIpc) is 1.61. The second-order valence-corrected chi connectivity index (χ2v) is 40.7. The van der Waals surface area contributed by atoms with Crippen LogP contribution in [0.3, 0.4) is 0 Å². The van der Waals surface area contributed by atoms with E-state index in [1.165, 1.54) is 68.8 Å². The Morgan fingerprint density at radius 2 is 0.757 bits per heavy atom. The van der Waals surface area contributed by atoms with Gasteiger partial charge in [-0.2, -0.15) is 42.3 Å². The van der Waals surface area contributed by atoms with Crippen LogP contribution in [0.1, 0.15) is 147 Å². The van der Waals surface area contributed by atoms with Crippen molar-refractivity contribution >= 4 is 159 Å². The van der Waals surface area contributed by atoms with E-state index in [-0.39, 0.29) is 47.0 Å². The molecule has 11 N–H and O–H groups in total. The minimum atomic E-state index is -2.95. The summed E-state index contributed by atoms with van der Waals surface area (Å²) in [5, 5.41) is 71.4. The molecule has 0 atom stereocenters. The number of aromatic nitrogens is 17. The first-order valence-corrected chi connectivity index (χ1v) is 59.0. The summed E-state index contributed by atoms with van der Waals surface area (Å²) in [7, 11) is 5.51. The van der Waals surface area contributed by atoms with E-state index in [0.717, 1.165) is 216 Å². The van der Waals surface area contributed by atoms with E-state index in [4.69, 9.17) is 83.3 Å². The number of nitrogens with one attached hydrogen (secondary N) is 3. The van der Waals surface area contributed by atoms with E-state index in [1.54, 1.807) is 38.4 Å². The summed E-state index contributed by atoms with van der Waals surface area (Å²) in [5.74, 6) is 3.55. The number of hydrogen-bond donors (Lipinski definition) is 7. The normalized spacial score (nSPS) is 13.2. The van der Waals surface area contributed by atoms with Gasteiger partial charge in [-0.3, -0.25) is 48.4 Å². The SMILES string of the molecule is CN1CCNCC1.Cc1nn(C)c(C)c1B1OC(C)(C)C(C)(C)O1.Cc1noc(C)c1-c1cc(-c2c(C)nn(C)c2C)c(N)c([N+](=O)[O-])c1.Cc1noc(C)c1-c1cc(-c2c(C)nn(C)c2C)c2nc(Cl)[nH]c2c1.Cc1noc(C)c1-c1cc(Br)c(N)c([N+](=O)[O-])c1.Cc1noc(C)c1-c1cc(N)c(N)c(-c2c(C)nn(C)c2C)c1.Cc1noc(C)c1-c1cc2c(c(-c3c(C)nn(C)c3C)c1)CC(=O)N2.O=S(=O)=S(=O)=O.[Na][Na]. The molecule has 2 saturated heterocycles. The number of benzene rings is 5. The van der Waals surface area contributed by atoms with Crippen LogP contribution in [0.25, 0.3) is 111 Å². The van der Waals surface area contributed by atoms with E-state index >= 15 is 0 Å². The number of nitrogen functional groups attached to an aromatic ring is 4. The predicted octanol–water partition coefficient (Wildman–Crippen LogP) is 16.5. The Hall–Kier alpha value is -12.5. The van der Waals surface area contributed by atoms with Gasteiger partial charge in [-0.1, -0.05) is 25.8 Å². The number of likely N-dealkylation sites (N-methyl/N-ethyl adjacent to an activating group) is 1. The summed E-state index contributed by atoms with van der Waals surface area (Å²) in [6, 6.07) is 18.6. The topological polar surface area (TPSA) is 569 Å². The van der Waals surface area contributed by atoms with Crippen molar-refractivity contribution in [2.75, 3.05) is 61.5 Å². The van der Waals surface area contributed by atoms with Crippen molar-refractivity contribution in [3.63, 3.8) is 0 Å². The van der Waals surface area contributed by atoms with Crippen LogP contribution in [0.4, 0.5) is 39.8 Å². The van der Waals surface area contributed by atoms with E-state index in [9.17, 15) is 25.0 Å². The van der Waals surface area contributed by atoms with Crippen molar-refractivity contribution in [2.45, 2.75) is 184 Å². The number of aryl methyl sites for hydroxylation is 20. The van der Waals surface area contributed by atoms with Crippen LogP contribution in [0.2, 0.25) is 5.28 Å². The monoisotopic (exact) mass is 2160 g/mol. The van der Waals surface area contributed by atoms with Gasteiger partial charge in [0.2, 0.25) is 11.2 Å². The van der Waals surface area contributed by atoms with Crippen LogP contribution >= 0.6 is 27.5 Å². The zero-order valence-corrected chi connectivity index (χ0v) is 97.3. The Morgan fingerprint density at radius 3 is 1.09 bits per heavy atom. The molecule has 1 amide bonds. The van der Waals surface area contributed by atoms with Gasteiger partial charge < -0.3 is 75.4 Å². The molecule has 0 radical (unpaired) electrons. The second-order valence-electron chi connectivity index (χ2n) is 37.0. The van der Waals surface area contributed by atoms with Crippen molar-refractivity contribution in [2.24, 2.45) is 35.2 Å². The summed E-state index contributed by atoms with van der Waals surface area (Å²) in [4.78, 5) is 43.5. The second kappa shape index (κ2) is 47.5. The number of carbonyl (C=O) groups excluding carboxylic acids is 1. The van der Waals surface area contributed by atoms with Gasteiger partial charge in [-0.25, -0.2) is 4.98 Å². The molecule has 2 fully saturated rings. The number of imidazole rings is 1. The van der Waals surface area contributed by atoms with Gasteiger partial charge >= 0.3 is 69.3 Å². The molecule has 3 aliphatic rings. The number of fused-ring (bicyclic) bond motifs is 2. The molecule has 42 nitrogen and oxygen atoms in total. The fourth-order valence-electron chi connectivity index (χ4n) is 18.2. The molecule has 19 rings (SSSR count). The quantitative estimate of drug-likeness (QED) is 0.0258. The number of rotatable bonds is 12. The molecule has 3 aliphatic heterocycles. The number of halogens is 2. The van der Waals surface area contributed by atoms with Gasteiger partial charge in [0.05, 0.1) is 107 Å². The first-order chi connectivity index (χ1) is 69.4. The molecular formula is C99H121BBrClN26Na2O16S2. The molecule has 16 aromatic rings. The van der Waals surface area contributed by atoms with E-state index < -0.39 is 28.4 Å². The summed E-state index contributed by atoms with van der Waals surface area (Å²) in [6.07, 6.45) is 0.389. The molecule has 11 aromatic heterocycles. The van der Waals surface area contributed by atoms with Crippen LogP contribution in [0.5, 0.6) is 0 Å². The van der Waals surface area contributed by atoms with E-state index in [2.05, 4.69) is 153 Å². The number of nitro groups is 2. The Morgan fingerprint density at radius 1 is 0.432 bits per heavy atom. The molecule has 0 bridgehead atoms. The van der Waals surface area contributed by atoms with Crippen LogP contribution in [-0.2, 0) is 74.3 Å². The number of nitrogens with two attached hydrogens (primary N) is 4. The van der Waals surface area contributed by atoms with Crippen LogP contribution in [0, 0.1) is 159 Å². The summed E-state index contributed by atoms with van der Waals surface area (Å²) >= 11 is 12.3. The summed E-state index contributed by atoms with van der Waals surface area (Å²) in [5.41, 5.74) is 59.2. The van der Waals surface area contributed by atoms with E-state index in [1.807, 2.05) is 181 Å². The molecular weight excluding hydrogens is 2050 g/mol. The third kappa shape index (κ3) is 24.8. The number of carbonyl (C=O) groups is 1. The molecule has 49 heteroatoms. The number of nitrogens with zero attached hydrogens (tertiary/aromatic N) is 19. The van der Waals surface area contributed by atoms with Crippen LogP contribution < -0.4 is 39.0 Å². The Labute approximate surface area is 900 Å². The first-order valence-electron chi connectivity index (χ1n) is 47.2. The molecule has 0 unspecified atom stereocenters. The van der Waals surface area contributed by atoms with Crippen molar-refractivity contribution in [1.29, 1.82) is 0 Å². The van der Waals surface area contributed by atoms with Crippen molar-refractivity contribution in [3.8, 4) is 100 Å². The van der Waals surface area contributed by atoms with Gasteiger partial charge in [0, 0.05) is 184 Å². The molecule has 0 aliphatic carbocycles. The van der Waals surface area contributed by atoms with Crippen molar-refractivity contribution in [3.05, 3.63) is 210 Å². The minimum absolute atomic E-state index is 0.0198. The number of H-pyrrole nitrogens is 1. The van der Waals surface area contributed by atoms with Gasteiger partial charge in [0.1, 0.15) is 40.2 Å². The Bertz CT molecular complexity index is 7910. The standard InChI is InChI=1S/C19H20N4O2.C18H18ClN5O.C17H19N5O3.C17H21N5O.C12H21BN2O2.C11H10BrN3O3.C5H12N2.2Na.O4S2/c1-9-18(11(3)23(5)21-9)15-6-13(19-10(2)22-25-12(19)4)7-16-14(15)8-17(24)20-16;1-8-15(10(3)24(5)22-8)13-6-12(16-9(2)23-25-11(16)4)7-14-17(13)21-18(19)20-14;1-8-15(10(3)21(5)19-8)13-6-12(7-14(17(13)18)22(23)24)16-9(2)20-25-11(16)4;1-8-15(10(3)22(5)20-8)13-6-12(7-14(18)17(13)19)16-9(2)21-23-11(16)4;1-8-10(9(2)15(7)14-8)13-16-11(3,4)12(5,6)17-13;1-5-10(6(2)18-14-5)7-3-8(12)11(13)9(4-7)15(16)17;1-7-4-2-6-3-5-7;;;1-5(2)6(3)4/h6-7H,8H2,1-5H3,(H,20,24);6-7H,1-5H3,(H,20,21);6-7H,18H2,1-5H3;6-7H,18-19H2,1-5H3;1-7H3;3-4H,13H2,1-2H3;6H,2-5H2,1H3;;;. The van der Waals surface area contributed by atoms with Gasteiger partial charge in [-0.15, -0.1) is 0 Å².